The van der Waals surface area contributed by atoms with Crippen LogP contribution in [0.5, 0.6) is 17.4 Å². The molecule has 0 saturated carbocycles. The SMILES string of the molecule is CC(Oc1ccc(CNC(=O)c2cccnc2Oc2ccc(F)c(F)c2)cc1)C(=O)O. The highest BCUT2D eigenvalue weighted by Crippen LogP contribution is 2.24. The maximum absolute atomic E-state index is 13.4. The second-order valence-electron chi connectivity index (χ2n) is 6.46. The Morgan fingerprint density at radius 3 is 2.45 bits per heavy atom. The summed E-state index contributed by atoms with van der Waals surface area (Å²) in [6.45, 7) is 1.59. The van der Waals surface area contributed by atoms with E-state index < -0.39 is 29.6 Å². The van der Waals surface area contributed by atoms with Crippen LogP contribution in [-0.4, -0.2) is 28.1 Å². The molecule has 7 nitrogen and oxygen atoms in total. The van der Waals surface area contributed by atoms with Gasteiger partial charge in [0, 0.05) is 18.8 Å². The zero-order chi connectivity index (χ0) is 22.4. The van der Waals surface area contributed by atoms with Crippen LogP contribution in [0.2, 0.25) is 0 Å². The summed E-state index contributed by atoms with van der Waals surface area (Å²) in [5.74, 6) is -3.32. The van der Waals surface area contributed by atoms with Gasteiger partial charge >= 0.3 is 5.97 Å². The molecule has 160 valence electrons. The lowest BCUT2D eigenvalue weighted by atomic mass is 10.2. The smallest absolute Gasteiger partial charge is 0.344 e. The molecule has 0 aliphatic heterocycles. The van der Waals surface area contributed by atoms with Crippen LogP contribution in [0, 0.1) is 11.6 Å². The second kappa shape index (κ2) is 9.66. The highest BCUT2D eigenvalue weighted by atomic mass is 19.2. The molecule has 31 heavy (non-hydrogen) atoms. The third-order valence-electron chi connectivity index (χ3n) is 4.16. The van der Waals surface area contributed by atoms with Gasteiger partial charge in [-0.05, 0) is 48.9 Å². The maximum Gasteiger partial charge on any atom is 0.344 e. The van der Waals surface area contributed by atoms with Crippen LogP contribution in [0.3, 0.4) is 0 Å². The van der Waals surface area contributed by atoms with Crippen molar-refractivity contribution < 1.29 is 33.0 Å². The van der Waals surface area contributed by atoms with Gasteiger partial charge in [-0.25, -0.2) is 18.6 Å². The minimum absolute atomic E-state index is 0.00201. The van der Waals surface area contributed by atoms with E-state index in [0.29, 0.717) is 5.75 Å². The fraction of sp³-hybridized carbons (Fsp3) is 0.136. The van der Waals surface area contributed by atoms with Gasteiger partial charge in [0.2, 0.25) is 5.88 Å². The Kier molecular flexibility index (Phi) is 6.76. The van der Waals surface area contributed by atoms with Crippen molar-refractivity contribution in [3.05, 3.63) is 83.6 Å². The number of carboxylic acid groups (broad SMARTS) is 1. The molecule has 3 aromatic rings. The number of benzene rings is 2. The predicted molar refractivity (Wildman–Crippen MR) is 106 cm³/mol. The van der Waals surface area contributed by atoms with Gasteiger partial charge in [-0.2, -0.15) is 0 Å². The Balaban J connectivity index is 1.64. The lowest BCUT2D eigenvalue weighted by molar-refractivity contribution is -0.144. The molecule has 9 heteroatoms. The standard InChI is InChI=1S/C22H18F2N2O5/c1-13(22(28)29)30-15-6-4-14(5-7-15)12-26-20(27)17-3-2-10-25-21(17)31-16-8-9-18(23)19(24)11-16/h2-11,13H,12H2,1H3,(H,26,27)(H,28,29). The molecule has 1 atom stereocenters. The molecule has 1 aromatic heterocycles. The first-order valence-electron chi connectivity index (χ1n) is 9.18. The van der Waals surface area contributed by atoms with Gasteiger partial charge in [0.25, 0.3) is 5.91 Å². The number of carboxylic acids is 1. The number of pyridine rings is 1. The molecule has 0 aliphatic rings. The van der Waals surface area contributed by atoms with E-state index in [1.165, 1.54) is 25.3 Å². The van der Waals surface area contributed by atoms with E-state index in [1.54, 1.807) is 30.3 Å². The van der Waals surface area contributed by atoms with Gasteiger partial charge in [-0.1, -0.05) is 12.1 Å². The van der Waals surface area contributed by atoms with E-state index >= 15 is 0 Å². The summed E-state index contributed by atoms with van der Waals surface area (Å²) in [5, 5.41) is 11.6. The number of carbonyl (C=O) groups excluding carboxylic acids is 1. The Morgan fingerprint density at radius 1 is 1.06 bits per heavy atom. The molecular formula is C22H18F2N2O5. The van der Waals surface area contributed by atoms with E-state index in [0.717, 1.165) is 17.7 Å². The van der Waals surface area contributed by atoms with Gasteiger partial charge in [0.1, 0.15) is 17.1 Å². The summed E-state index contributed by atoms with van der Waals surface area (Å²) in [6.07, 6.45) is 0.423. The predicted octanol–water partition coefficient (Wildman–Crippen LogP) is 3.93. The first-order chi connectivity index (χ1) is 14.8. The van der Waals surface area contributed by atoms with Gasteiger partial charge in [-0.3, -0.25) is 4.79 Å². The molecule has 1 unspecified atom stereocenters. The van der Waals surface area contributed by atoms with Crippen LogP contribution in [-0.2, 0) is 11.3 Å². The molecular weight excluding hydrogens is 410 g/mol. The normalized spacial score (nSPS) is 11.5. The second-order valence-corrected chi connectivity index (χ2v) is 6.46. The fourth-order valence-corrected chi connectivity index (χ4v) is 2.51. The summed E-state index contributed by atoms with van der Waals surface area (Å²) in [7, 11) is 0. The minimum Gasteiger partial charge on any atom is -0.479 e. The monoisotopic (exact) mass is 428 g/mol. The van der Waals surface area contributed by atoms with Gasteiger partial charge in [0.05, 0.1) is 0 Å². The maximum atomic E-state index is 13.4. The van der Waals surface area contributed by atoms with Crippen LogP contribution < -0.4 is 14.8 Å². The molecule has 0 radical (unpaired) electrons. The van der Waals surface area contributed by atoms with Crippen LogP contribution in [0.25, 0.3) is 0 Å². The van der Waals surface area contributed by atoms with Crippen molar-refractivity contribution in [1.29, 1.82) is 0 Å². The van der Waals surface area contributed by atoms with Crippen molar-refractivity contribution in [3.63, 3.8) is 0 Å². The number of amides is 1. The van der Waals surface area contributed by atoms with Crippen molar-refractivity contribution in [2.75, 3.05) is 0 Å². The van der Waals surface area contributed by atoms with Gasteiger partial charge in [-0.15, -0.1) is 0 Å². The Labute approximate surface area is 176 Å². The van der Waals surface area contributed by atoms with Crippen LogP contribution in [0.1, 0.15) is 22.8 Å². The lowest BCUT2D eigenvalue weighted by Gasteiger charge is -2.12. The average Bonchev–Trinajstić information content (AvgIpc) is 2.76. The number of nitrogens with zero attached hydrogens (tertiary/aromatic N) is 1. The molecule has 2 aromatic carbocycles. The van der Waals surface area contributed by atoms with E-state index in [1.807, 2.05) is 0 Å². The summed E-state index contributed by atoms with van der Waals surface area (Å²) in [6, 6.07) is 12.6. The highest BCUT2D eigenvalue weighted by molar-refractivity contribution is 5.96. The molecule has 2 N–H and O–H groups in total. The van der Waals surface area contributed by atoms with Crippen molar-refractivity contribution in [3.8, 4) is 17.4 Å². The van der Waals surface area contributed by atoms with E-state index in [2.05, 4.69) is 10.3 Å². The number of hydrogen-bond donors (Lipinski definition) is 2. The molecule has 0 aliphatic carbocycles. The number of hydrogen-bond acceptors (Lipinski definition) is 5. The highest BCUT2D eigenvalue weighted by Gasteiger charge is 2.16. The topological polar surface area (TPSA) is 97.8 Å². The van der Waals surface area contributed by atoms with Crippen LogP contribution in [0.4, 0.5) is 8.78 Å². The first kappa shape index (κ1) is 21.7. The van der Waals surface area contributed by atoms with E-state index in [4.69, 9.17) is 14.6 Å². The van der Waals surface area contributed by atoms with Crippen molar-refractivity contribution in [2.24, 2.45) is 0 Å². The Bertz CT molecular complexity index is 1090. The third-order valence-corrected chi connectivity index (χ3v) is 4.16. The Morgan fingerprint density at radius 2 is 1.77 bits per heavy atom. The number of ether oxygens (including phenoxy) is 2. The summed E-state index contributed by atoms with van der Waals surface area (Å²) < 4.78 is 37.2. The van der Waals surface area contributed by atoms with E-state index in [9.17, 15) is 18.4 Å². The number of nitrogens with one attached hydrogen (secondary N) is 1. The third kappa shape index (κ3) is 5.75. The van der Waals surface area contributed by atoms with Crippen molar-refractivity contribution >= 4 is 11.9 Å². The number of halogens is 2. The van der Waals surface area contributed by atoms with E-state index in [-0.39, 0.29) is 23.7 Å². The molecule has 0 spiro atoms. The zero-order valence-electron chi connectivity index (χ0n) is 16.3. The number of carbonyl (C=O) groups is 2. The Hall–Kier alpha value is -4.01. The molecule has 0 bridgehead atoms. The molecule has 3 rings (SSSR count). The fourth-order valence-electron chi connectivity index (χ4n) is 2.51. The molecule has 0 fully saturated rings. The summed E-state index contributed by atoms with van der Waals surface area (Å²) in [5.41, 5.74) is 0.859. The number of aromatic nitrogens is 1. The molecule has 1 amide bonds. The number of rotatable bonds is 8. The van der Waals surface area contributed by atoms with Crippen LogP contribution in [0.15, 0.2) is 60.8 Å². The summed E-state index contributed by atoms with van der Waals surface area (Å²) in [4.78, 5) is 27.4. The largest absolute Gasteiger partial charge is 0.479 e. The first-order valence-corrected chi connectivity index (χ1v) is 9.18. The van der Waals surface area contributed by atoms with Crippen molar-refractivity contribution in [2.45, 2.75) is 19.6 Å². The molecule has 1 heterocycles. The zero-order valence-corrected chi connectivity index (χ0v) is 16.3. The lowest BCUT2D eigenvalue weighted by Crippen LogP contribution is -2.24. The number of aliphatic carboxylic acids is 1. The quantitative estimate of drug-likeness (QED) is 0.564. The van der Waals surface area contributed by atoms with Gasteiger partial charge < -0.3 is 19.9 Å². The van der Waals surface area contributed by atoms with Crippen molar-refractivity contribution in [1.82, 2.24) is 10.3 Å². The van der Waals surface area contributed by atoms with Crippen LogP contribution >= 0.6 is 0 Å². The van der Waals surface area contributed by atoms with Gasteiger partial charge in [0.15, 0.2) is 17.7 Å². The minimum atomic E-state index is -1.08. The molecule has 0 saturated heterocycles. The summed E-state index contributed by atoms with van der Waals surface area (Å²) >= 11 is 0. The average molecular weight is 428 g/mol.